The van der Waals surface area contributed by atoms with Crippen molar-refractivity contribution in [1.82, 2.24) is 0 Å². The fraction of sp³-hybridized carbons (Fsp3) is 0.133. The van der Waals surface area contributed by atoms with E-state index in [9.17, 15) is 4.79 Å². The first-order valence-electron chi connectivity index (χ1n) is 6.14. The predicted molar refractivity (Wildman–Crippen MR) is 83.9 cm³/mol. The van der Waals surface area contributed by atoms with E-state index in [1.165, 1.54) is 5.56 Å². The van der Waals surface area contributed by atoms with Crippen LogP contribution in [-0.4, -0.2) is 11.2 Å². The Kier molecular flexibility index (Phi) is 4.90. The maximum Gasteiger partial charge on any atom is 0.409 e. The predicted octanol–water partition coefficient (Wildman–Crippen LogP) is 3.79. The largest absolute Gasteiger partial charge is 0.465 e. The zero-order valence-corrected chi connectivity index (χ0v) is 11.7. The van der Waals surface area contributed by atoms with Crippen molar-refractivity contribution in [3.05, 3.63) is 59.7 Å². The van der Waals surface area contributed by atoms with Gasteiger partial charge in [0, 0.05) is 22.9 Å². The van der Waals surface area contributed by atoms with Crippen LogP contribution in [0, 0.1) is 0 Å². The van der Waals surface area contributed by atoms with E-state index < -0.39 is 6.09 Å². The van der Waals surface area contributed by atoms with Crippen LogP contribution >= 0.6 is 11.8 Å². The fourth-order valence-electron chi connectivity index (χ4n) is 1.83. The molecule has 4 nitrogen and oxygen atoms in total. The van der Waals surface area contributed by atoms with Crippen molar-refractivity contribution in [3.63, 3.8) is 0 Å². The van der Waals surface area contributed by atoms with Crippen LogP contribution in [0.25, 0.3) is 0 Å². The average molecular weight is 288 g/mol. The standard InChI is InChI=1S/C15H16N2O2S/c16-13-5-1-3-11(7-13)9-20-10-12-4-2-6-14(8-12)17-15(18)19/h1-8,17H,9-10,16H2,(H,18,19). The molecule has 4 N–H and O–H groups in total. The molecule has 0 aliphatic carbocycles. The Labute approximate surface area is 122 Å². The summed E-state index contributed by atoms with van der Waals surface area (Å²) in [6.07, 6.45) is -1.05. The highest BCUT2D eigenvalue weighted by Gasteiger charge is 2.00. The van der Waals surface area contributed by atoms with Gasteiger partial charge in [0.25, 0.3) is 0 Å². The summed E-state index contributed by atoms with van der Waals surface area (Å²) in [6, 6.07) is 15.3. The van der Waals surface area contributed by atoms with Crippen LogP contribution in [0.1, 0.15) is 11.1 Å². The van der Waals surface area contributed by atoms with Crippen molar-refractivity contribution in [1.29, 1.82) is 0 Å². The number of benzene rings is 2. The number of nitrogen functional groups attached to an aromatic ring is 1. The van der Waals surface area contributed by atoms with E-state index in [1.807, 2.05) is 42.5 Å². The topological polar surface area (TPSA) is 75.3 Å². The summed E-state index contributed by atoms with van der Waals surface area (Å²) in [5.41, 5.74) is 9.38. The molecule has 0 heterocycles. The molecule has 0 aliphatic rings. The third kappa shape index (κ3) is 4.51. The van der Waals surface area contributed by atoms with Gasteiger partial charge in [0.1, 0.15) is 0 Å². The lowest BCUT2D eigenvalue weighted by atomic mass is 10.2. The summed E-state index contributed by atoms with van der Waals surface area (Å²) in [5.74, 6) is 1.70. The van der Waals surface area contributed by atoms with Crippen LogP contribution in [0.5, 0.6) is 0 Å². The Morgan fingerprint density at radius 2 is 1.75 bits per heavy atom. The summed E-state index contributed by atoms with van der Waals surface area (Å²) >= 11 is 1.76. The van der Waals surface area contributed by atoms with E-state index in [4.69, 9.17) is 10.8 Å². The summed E-state index contributed by atoms with van der Waals surface area (Å²) in [4.78, 5) is 10.6. The third-order valence-electron chi connectivity index (χ3n) is 2.67. The van der Waals surface area contributed by atoms with Crippen LogP contribution < -0.4 is 11.1 Å². The molecule has 0 bridgehead atoms. The Balaban J connectivity index is 1.89. The molecule has 0 fully saturated rings. The molecule has 0 radical (unpaired) electrons. The van der Waals surface area contributed by atoms with Crippen molar-refractivity contribution >= 4 is 29.2 Å². The van der Waals surface area contributed by atoms with Crippen molar-refractivity contribution in [3.8, 4) is 0 Å². The molecular formula is C15H16N2O2S. The Bertz CT molecular complexity index is 602. The zero-order valence-electron chi connectivity index (χ0n) is 10.9. The van der Waals surface area contributed by atoms with Crippen molar-refractivity contribution in [2.75, 3.05) is 11.1 Å². The summed E-state index contributed by atoms with van der Waals surface area (Å²) in [5, 5.41) is 11.0. The molecule has 1 amide bonds. The number of nitrogens with two attached hydrogens (primary N) is 1. The number of anilines is 2. The van der Waals surface area contributed by atoms with Crippen LogP contribution in [0.2, 0.25) is 0 Å². The fourth-order valence-corrected chi connectivity index (χ4v) is 2.76. The molecule has 2 aromatic carbocycles. The van der Waals surface area contributed by atoms with Gasteiger partial charge in [-0.1, -0.05) is 24.3 Å². The minimum absolute atomic E-state index is 0.597. The highest BCUT2D eigenvalue weighted by atomic mass is 32.2. The lowest BCUT2D eigenvalue weighted by Gasteiger charge is -2.06. The number of thioether (sulfide) groups is 1. The van der Waals surface area contributed by atoms with E-state index in [2.05, 4.69) is 5.32 Å². The number of carboxylic acid groups (broad SMARTS) is 1. The minimum Gasteiger partial charge on any atom is -0.465 e. The van der Waals surface area contributed by atoms with Gasteiger partial charge in [0.05, 0.1) is 0 Å². The Morgan fingerprint density at radius 1 is 1.10 bits per heavy atom. The molecule has 104 valence electrons. The number of amides is 1. The molecule has 2 aromatic rings. The summed E-state index contributed by atoms with van der Waals surface area (Å²) in [7, 11) is 0. The number of hydrogen-bond acceptors (Lipinski definition) is 3. The molecule has 0 saturated carbocycles. The van der Waals surface area contributed by atoms with Gasteiger partial charge in [-0.2, -0.15) is 11.8 Å². The van der Waals surface area contributed by atoms with Gasteiger partial charge in [-0.3, -0.25) is 5.32 Å². The average Bonchev–Trinajstić information content (AvgIpc) is 2.38. The van der Waals surface area contributed by atoms with Crippen molar-refractivity contribution in [2.24, 2.45) is 0 Å². The Morgan fingerprint density at radius 3 is 2.40 bits per heavy atom. The second kappa shape index (κ2) is 6.86. The second-order valence-corrected chi connectivity index (χ2v) is 5.35. The van der Waals surface area contributed by atoms with Crippen LogP contribution in [0.15, 0.2) is 48.5 Å². The lowest BCUT2D eigenvalue weighted by molar-refractivity contribution is 0.210. The molecule has 0 spiro atoms. The van der Waals surface area contributed by atoms with Crippen molar-refractivity contribution < 1.29 is 9.90 Å². The smallest absolute Gasteiger partial charge is 0.409 e. The highest BCUT2D eigenvalue weighted by molar-refractivity contribution is 7.97. The number of rotatable bonds is 5. The van der Waals surface area contributed by atoms with Gasteiger partial charge in [-0.05, 0) is 35.4 Å². The van der Waals surface area contributed by atoms with Gasteiger partial charge in [0.2, 0.25) is 0 Å². The molecule has 0 aliphatic heterocycles. The normalized spacial score (nSPS) is 10.2. The number of nitrogens with one attached hydrogen (secondary N) is 1. The molecule has 2 rings (SSSR count). The van der Waals surface area contributed by atoms with Crippen molar-refractivity contribution in [2.45, 2.75) is 11.5 Å². The van der Waals surface area contributed by atoms with E-state index in [0.717, 1.165) is 22.8 Å². The molecule has 0 aromatic heterocycles. The van der Waals surface area contributed by atoms with Gasteiger partial charge >= 0.3 is 6.09 Å². The molecule has 0 unspecified atom stereocenters. The van der Waals surface area contributed by atoms with Crippen LogP contribution in [0.3, 0.4) is 0 Å². The van der Waals surface area contributed by atoms with Gasteiger partial charge < -0.3 is 10.8 Å². The van der Waals surface area contributed by atoms with Gasteiger partial charge in [-0.25, -0.2) is 4.79 Å². The summed E-state index contributed by atoms with van der Waals surface area (Å²) in [6.45, 7) is 0. The molecule has 0 saturated heterocycles. The SMILES string of the molecule is Nc1cccc(CSCc2cccc(NC(=O)O)c2)c1. The van der Waals surface area contributed by atoms with Crippen LogP contribution in [0.4, 0.5) is 16.2 Å². The first-order chi connectivity index (χ1) is 9.63. The van der Waals surface area contributed by atoms with Gasteiger partial charge in [-0.15, -0.1) is 0 Å². The number of carbonyl (C=O) groups is 1. The zero-order chi connectivity index (χ0) is 14.4. The Hall–Kier alpha value is -2.14. The first-order valence-corrected chi connectivity index (χ1v) is 7.30. The van der Waals surface area contributed by atoms with Crippen LogP contribution in [-0.2, 0) is 11.5 Å². The minimum atomic E-state index is -1.05. The molecule has 5 heteroatoms. The molecule has 0 atom stereocenters. The summed E-state index contributed by atoms with van der Waals surface area (Å²) < 4.78 is 0. The lowest BCUT2D eigenvalue weighted by Crippen LogP contribution is -2.07. The van der Waals surface area contributed by atoms with E-state index in [1.54, 1.807) is 17.8 Å². The maximum absolute atomic E-state index is 10.6. The quantitative estimate of drug-likeness (QED) is 0.732. The molecular weight excluding hydrogens is 272 g/mol. The van der Waals surface area contributed by atoms with E-state index >= 15 is 0 Å². The van der Waals surface area contributed by atoms with E-state index in [-0.39, 0.29) is 0 Å². The van der Waals surface area contributed by atoms with E-state index in [0.29, 0.717) is 5.69 Å². The molecule has 20 heavy (non-hydrogen) atoms. The highest BCUT2D eigenvalue weighted by Crippen LogP contribution is 2.21. The third-order valence-corrected chi connectivity index (χ3v) is 3.74. The first kappa shape index (κ1) is 14.3. The number of hydrogen-bond donors (Lipinski definition) is 3. The second-order valence-electron chi connectivity index (χ2n) is 4.37. The maximum atomic E-state index is 10.6. The van der Waals surface area contributed by atoms with Gasteiger partial charge in [0.15, 0.2) is 0 Å². The monoisotopic (exact) mass is 288 g/mol.